The van der Waals surface area contributed by atoms with Gasteiger partial charge < -0.3 is 4.74 Å². The topological polar surface area (TPSA) is 27.1 Å². The molecule has 2 rings (SSSR count). The summed E-state index contributed by atoms with van der Waals surface area (Å²) in [6.45, 7) is 0. The van der Waals surface area contributed by atoms with Crippen molar-refractivity contribution in [1.29, 1.82) is 0 Å². The number of benzene rings is 1. The number of aryl methyl sites for hydroxylation is 1. The van der Waals surface area contributed by atoms with Crippen LogP contribution in [0, 0.1) is 0 Å². The lowest BCUT2D eigenvalue weighted by Crippen LogP contribution is -1.88. The van der Waals surface area contributed by atoms with E-state index in [0.717, 1.165) is 17.1 Å². The van der Waals surface area contributed by atoms with Crippen molar-refractivity contribution in [3.05, 3.63) is 42.2 Å². The zero-order chi connectivity index (χ0) is 10.7. The highest BCUT2D eigenvalue weighted by atomic mass is 35.5. The molecule has 78 valence electrons. The van der Waals surface area contributed by atoms with Crippen LogP contribution in [0.3, 0.4) is 0 Å². The highest BCUT2D eigenvalue weighted by molar-refractivity contribution is 6.17. The van der Waals surface area contributed by atoms with Gasteiger partial charge in [0, 0.05) is 12.6 Å². The van der Waals surface area contributed by atoms with Crippen molar-refractivity contribution in [1.82, 2.24) is 9.78 Å². The summed E-state index contributed by atoms with van der Waals surface area (Å²) in [7, 11) is 1.85. The zero-order valence-electron chi connectivity index (χ0n) is 8.35. The van der Waals surface area contributed by atoms with Crippen LogP contribution in [-0.2, 0) is 12.9 Å². The normalized spacial score (nSPS) is 10.3. The van der Waals surface area contributed by atoms with Gasteiger partial charge in [0.2, 0.25) is 0 Å². The highest BCUT2D eigenvalue weighted by Gasteiger charge is 2.04. The van der Waals surface area contributed by atoms with Gasteiger partial charge in [-0.15, -0.1) is 11.6 Å². The maximum absolute atomic E-state index is 5.80. The van der Waals surface area contributed by atoms with Crippen LogP contribution in [0.2, 0.25) is 0 Å². The lowest BCUT2D eigenvalue weighted by molar-refractivity contribution is 0.477. The lowest BCUT2D eigenvalue weighted by Gasteiger charge is -2.06. The van der Waals surface area contributed by atoms with E-state index in [4.69, 9.17) is 16.3 Å². The summed E-state index contributed by atoms with van der Waals surface area (Å²) in [6.07, 6.45) is 3.48. The molecule has 0 amide bonds. The molecule has 0 saturated carbocycles. The van der Waals surface area contributed by atoms with Gasteiger partial charge in [0.1, 0.15) is 5.75 Å². The molecule has 0 N–H and O–H groups in total. The van der Waals surface area contributed by atoms with Gasteiger partial charge in [-0.1, -0.05) is 18.2 Å². The molecule has 0 aliphatic heterocycles. The van der Waals surface area contributed by atoms with Gasteiger partial charge >= 0.3 is 0 Å². The summed E-state index contributed by atoms with van der Waals surface area (Å²) in [4.78, 5) is 0. The van der Waals surface area contributed by atoms with Crippen LogP contribution in [0.4, 0.5) is 0 Å². The first kappa shape index (κ1) is 10.1. The first-order chi connectivity index (χ1) is 7.29. The molecule has 0 saturated heterocycles. The van der Waals surface area contributed by atoms with Crippen molar-refractivity contribution in [2.75, 3.05) is 0 Å². The van der Waals surface area contributed by atoms with Crippen molar-refractivity contribution >= 4 is 11.6 Å². The Morgan fingerprint density at radius 1 is 1.40 bits per heavy atom. The van der Waals surface area contributed by atoms with Crippen molar-refractivity contribution < 1.29 is 4.74 Å². The quantitative estimate of drug-likeness (QED) is 0.747. The maximum Gasteiger partial charge on any atom is 0.165 e. The molecule has 4 heteroatoms. The molecule has 1 aromatic carbocycles. The third-order valence-corrected chi connectivity index (χ3v) is 2.31. The van der Waals surface area contributed by atoms with Crippen LogP contribution in [0.5, 0.6) is 11.5 Å². The largest absolute Gasteiger partial charge is 0.454 e. The van der Waals surface area contributed by atoms with Crippen LogP contribution in [-0.4, -0.2) is 9.78 Å². The van der Waals surface area contributed by atoms with Crippen molar-refractivity contribution in [3.8, 4) is 11.5 Å². The molecule has 0 aliphatic rings. The minimum absolute atomic E-state index is 0.441. The van der Waals surface area contributed by atoms with E-state index in [0.29, 0.717) is 5.88 Å². The smallest absolute Gasteiger partial charge is 0.165 e. The molecular weight excluding hydrogens is 212 g/mol. The molecule has 1 aromatic heterocycles. The summed E-state index contributed by atoms with van der Waals surface area (Å²) in [5.41, 5.74) is 0.975. The van der Waals surface area contributed by atoms with Crippen molar-refractivity contribution in [3.63, 3.8) is 0 Å². The summed E-state index contributed by atoms with van der Waals surface area (Å²) in [5, 5.41) is 4.03. The van der Waals surface area contributed by atoms with Gasteiger partial charge in [0.15, 0.2) is 5.75 Å². The molecule has 0 unspecified atom stereocenters. The Balaban J connectivity index is 2.23. The van der Waals surface area contributed by atoms with E-state index in [1.165, 1.54) is 0 Å². The highest BCUT2D eigenvalue weighted by Crippen LogP contribution is 2.25. The molecule has 0 bridgehead atoms. The standard InChI is InChI=1S/C11H11ClN2O/c1-14-8-10(7-13-14)15-11-5-3-2-4-9(11)6-12/h2-5,7-8H,6H2,1H3. The van der Waals surface area contributed by atoms with Crippen LogP contribution >= 0.6 is 11.6 Å². The molecule has 0 radical (unpaired) electrons. The van der Waals surface area contributed by atoms with Crippen LogP contribution in [0.1, 0.15) is 5.56 Å². The SMILES string of the molecule is Cn1cc(Oc2ccccc2CCl)cn1. The van der Waals surface area contributed by atoms with Gasteiger partial charge in [0.05, 0.1) is 18.3 Å². The fourth-order valence-corrected chi connectivity index (χ4v) is 1.51. The number of aromatic nitrogens is 2. The molecule has 0 aliphatic carbocycles. The average Bonchev–Trinajstić information content (AvgIpc) is 2.65. The van der Waals surface area contributed by atoms with E-state index in [-0.39, 0.29) is 0 Å². The Morgan fingerprint density at radius 2 is 2.20 bits per heavy atom. The second-order valence-corrected chi connectivity index (χ2v) is 3.46. The summed E-state index contributed by atoms with van der Waals surface area (Å²) < 4.78 is 7.35. The summed E-state index contributed by atoms with van der Waals surface area (Å²) in [6, 6.07) is 7.69. The third-order valence-electron chi connectivity index (χ3n) is 2.03. The third kappa shape index (κ3) is 2.30. The Bertz CT molecular complexity index is 453. The molecule has 2 aromatic rings. The number of nitrogens with zero attached hydrogens (tertiary/aromatic N) is 2. The number of halogens is 1. The van der Waals surface area contributed by atoms with Crippen molar-refractivity contribution in [2.45, 2.75) is 5.88 Å². The lowest BCUT2D eigenvalue weighted by atomic mass is 10.2. The summed E-state index contributed by atoms with van der Waals surface area (Å²) >= 11 is 5.80. The van der Waals surface area contributed by atoms with E-state index in [2.05, 4.69) is 5.10 Å². The van der Waals surface area contributed by atoms with E-state index in [1.807, 2.05) is 37.5 Å². The number of hydrogen-bond acceptors (Lipinski definition) is 2. The van der Waals surface area contributed by atoms with Gasteiger partial charge in [-0.05, 0) is 6.07 Å². The fraction of sp³-hybridized carbons (Fsp3) is 0.182. The number of alkyl halides is 1. The number of para-hydroxylation sites is 1. The van der Waals surface area contributed by atoms with Gasteiger partial charge in [0.25, 0.3) is 0 Å². The molecule has 0 atom stereocenters. The number of ether oxygens (including phenoxy) is 1. The Hall–Kier alpha value is -1.48. The predicted octanol–water partition coefficient (Wildman–Crippen LogP) is 2.95. The Labute approximate surface area is 93.2 Å². The van der Waals surface area contributed by atoms with Gasteiger partial charge in [-0.2, -0.15) is 5.10 Å². The number of hydrogen-bond donors (Lipinski definition) is 0. The number of rotatable bonds is 3. The maximum atomic E-state index is 5.80. The Kier molecular flexibility index (Phi) is 2.92. The van der Waals surface area contributed by atoms with Crippen LogP contribution in [0.15, 0.2) is 36.7 Å². The first-order valence-electron chi connectivity index (χ1n) is 4.60. The zero-order valence-corrected chi connectivity index (χ0v) is 9.11. The first-order valence-corrected chi connectivity index (χ1v) is 5.13. The van der Waals surface area contributed by atoms with E-state index >= 15 is 0 Å². The molecule has 0 fully saturated rings. The van der Waals surface area contributed by atoms with Crippen LogP contribution < -0.4 is 4.74 Å². The summed E-state index contributed by atoms with van der Waals surface area (Å²) in [5.74, 6) is 1.94. The minimum Gasteiger partial charge on any atom is -0.454 e. The molecule has 15 heavy (non-hydrogen) atoms. The van der Waals surface area contributed by atoms with E-state index in [9.17, 15) is 0 Å². The predicted molar refractivity (Wildman–Crippen MR) is 59.3 cm³/mol. The van der Waals surface area contributed by atoms with Crippen molar-refractivity contribution in [2.24, 2.45) is 7.05 Å². The second kappa shape index (κ2) is 4.36. The molecule has 3 nitrogen and oxygen atoms in total. The van der Waals surface area contributed by atoms with E-state index < -0.39 is 0 Å². The molecule has 1 heterocycles. The molecular formula is C11H11ClN2O. The van der Waals surface area contributed by atoms with Crippen LogP contribution in [0.25, 0.3) is 0 Å². The fourth-order valence-electron chi connectivity index (χ4n) is 1.29. The van der Waals surface area contributed by atoms with Gasteiger partial charge in [-0.25, -0.2) is 0 Å². The monoisotopic (exact) mass is 222 g/mol. The van der Waals surface area contributed by atoms with E-state index in [1.54, 1.807) is 10.9 Å². The Morgan fingerprint density at radius 3 is 2.87 bits per heavy atom. The van der Waals surface area contributed by atoms with Gasteiger partial charge in [-0.3, -0.25) is 4.68 Å². The second-order valence-electron chi connectivity index (χ2n) is 3.19. The minimum atomic E-state index is 0.441. The average molecular weight is 223 g/mol. The molecule has 0 spiro atoms.